The van der Waals surface area contributed by atoms with Gasteiger partial charge in [-0.2, -0.15) is 0 Å². The highest BCUT2D eigenvalue weighted by Gasteiger charge is 2.27. The number of alkyl carbamates (subject to hydrolysis) is 1. The second-order valence-corrected chi connectivity index (χ2v) is 5.55. The van der Waals surface area contributed by atoms with Gasteiger partial charge in [0.05, 0.1) is 6.54 Å². The Morgan fingerprint density at radius 3 is 2.78 bits per heavy atom. The Labute approximate surface area is 140 Å². The molecule has 0 saturated carbocycles. The molecule has 1 saturated heterocycles. The molecular weight excluding hydrogens is 320 g/mol. The van der Waals surface area contributed by atoms with E-state index in [1.54, 1.807) is 0 Å². The van der Waals surface area contributed by atoms with Gasteiger partial charge in [-0.25, -0.2) is 4.79 Å². The number of hydrogen-bond acceptors (Lipinski definition) is 5. The first kappa shape index (κ1) is 17.6. The number of esters is 1. The van der Waals surface area contributed by atoms with E-state index >= 15 is 0 Å². The van der Waals surface area contributed by atoms with Gasteiger partial charge in [-0.05, 0) is 24.9 Å². The van der Waals surface area contributed by atoms with Crippen molar-refractivity contribution in [2.75, 3.05) is 25.7 Å². The number of nitrogens with zero attached hydrogens (tertiary/aromatic N) is 1. The van der Waals surface area contributed by atoms with Crippen LogP contribution in [0.15, 0.2) is 30.3 Å². The molecule has 1 fully saturated rings. The Hall–Kier alpha value is -1.79. The second-order valence-electron chi connectivity index (χ2n) is 5.33. The van der Waals surface area contributed by atoms with E-state index in [-0.39, 0.29) is 31.2 Å². The molecule has 1 N–H and O–H groups in total. The van der Waals surface area contributed by atoms with E-state index in [1.807, 2.05) is 35.2 Å². The molecular formula is C16H21ClN2O4. The van der Waals surface area contributed by atoms with E-state index in [2.05, 4.69) is 10.1 Å². The lowest BCUT2D eigenvalue weighted by Gasteiger charge is -2.23. The highest BCUT2D eigenvalue weighted by molar-refractivity contribution is 6.17. The Morgan fingerprint density at radius 1 is 1.26 bits per heavy atom. The molecule has 0 unspecified atom stereocenters. The van der Waals surface area contributed by atoms with Crippen LogP contribution in [0.1, 0.15) is 18.4 Å². The maximum atomic E-state index is 12.0. The van der Waals surface area contributed by atoms with Crippen molar-refractivity contribution in [3.63, 3.8) is 0 Å². The molecule has 23 heavy (non-hydrogen) atoms. The summed E-state index contributed by atoms with van der Waals surface area (Å²) in [6.45, 7) is 1.75. The minimum atomic E-state index is -0.543. The Kier molecular flexibility index (Phi) is 7.16. The molecule has 1 aliphatic heterocycles. The van der Waals surface area contributed by atoms with Crippen molar-refractivity contribution in [3.8, 4) is 0 Å². The molecule has 2 rings (SSSR count). The predicted molar refractivity (Wildman–Crippen MR) is 86.0 cm³/mol. The smallest absolute Gasteiger partial charge is 0.408 e. The summed E-state index contributed by atoms with van der Waals surface area (Å²) in [6, 6.07) is 9.50. The summed E-state index contributed by atoms with van der Waals surface area (Å²) in [4.78, 5) is 25.2. The van der Waals surface area contributed by atoms with Crippen molar-refractivity contribution in [1.29, 1.82) is 0 Å². The normalized spacial score (nSPS) is 17.7. The highest BCUT2D eigenvalue weighted by atomic mass is 35.5. The van der Waals surface area contributed by atoms with E-state index in [4.69, 9.17) is 16.3 Å². The first-order chi connectivity index (χ1) is 11.2. The molecule has 1 amide bonds. The van der Waals surface area contributed by atoms with Crippen LogP contribution in [0, 0.1) is 0 Å². The molecule has 1 aromatic rings. The second kappa shape index (κ2) is 9.37. The van der Waals surface area contributed by atoms with Crippen molar-refractivity contribution in [2.24, 2.45) is 0 Å². The van der Waals surface area contributed by atoms with Crippen LogP contribution in [0.3, 0.4) is 0 Å². The number of benzene rings is 1. The van der Waals surface area contributed by atoms with Gasteiger partial charge in [0, 0.05) is 12.6 Å². The van der Waals surface area contributed by atoms with Crippen molar-refractivity contribution in [3.05, 3.63) is 35.9 Å². The van der Waals surface area contributed by atoms with E-state index in [0.717, 1.165) is 24.9 Å². The number of carbonyl (C=O) groups is 2. The number of halogens is 1. The van der Waals surface area contributed by atoms with Crippen molar-refractivity contribution >= 4 is 23.7 Å². The number of hydrogen-bond donors (Lipinski definition) is 1. The molecule has 0 spiro atoms. The first-order valence-corrected chi connectivity index (χ1v) is 8.12. The molecule has 7 heteroatoms. The molecule has 0 aliphatic carbocycles. The van der Waals surface area contributed by atoms with Crippen molar-refractivity contribution in [2.45, 2.75) is 25.5 Å². The van der Waals surface area contributed by atoms with Gasteiger partial charge in [-0.15, -0.1) is 0 Å². The van der Waals surface area contributed by atoms with E-state index < -0.39 is 6.09 Å². The van der Waals surface area contributed by atoms with E-state index in [9.17, 15) is 9.59 Å². The summed E-state index contributed by atoms with van der Waals surface area (Å²) in [5.41, 5.74) is 0.962. The summed E-state index contributed by atoms with van der Waals surface area (Å²) in [7, 11) is 0. The summed E-state index contributed by atoms with van der Waals surface area (Å²) in [5, 5.41) is 2.65. The third kappa shape index (κ3) is 6.08. The number of amides is 1. The molecule has 6 nitrogen and oxygen atoms in total. The molecule has 1 heterocycles. The van der Waals surface area contributed by atoms with Gasteiger partial charge in [-0.3, -0.25) is 9.69 Å². The average Bonchev–Trinajstić information content (AvgIpc) is 2.99. The SMILES string of the molecule is O=C(CN1CCC[C@H]1CNC(=O)OCCl)OCc1ccccc1. The molecule has 1 aliphatic rings. The third-order valence-electron chi connectivity index (χ3n) is 3.74. The molecule has 0 radical (unpaired) electrons. The lowest BCUT2D eigenvalue weighted by Crippen LogP contribution is -2.42. The van der Waals surface area contributed by atoms with Crippen LogP contribution in [0.2, 0.25) is 0 Å². The first-order valence-electron chi connectivity index (χ1n) is 7.59. The minimum Gasteiger partial charge on any atom is -0.460 e. The molecule has 1 atom stereocenters. The number of likely N-dealkylation sites (tertiary alicyclic amines) is 1. The van der Waals surface area contributed by atoms with E-state index in [0.29, 0.717) is 6.54 Å². The van der Waals surface area contributed by atoms with Gasteiger partial charge in [0.25, 0.3) is 0 Å². The predicted octanol–water partition coefficient (Wildman–Crippen LogP) is 2.12. The summed E-state index contributed by atoms with van der Waals surface area (Å²) in [6.07, 6.45) is 1.37. The fourth-order valence-electron chi connectivity index (χ4n) is 2.59. The number of rotatable bonds is 7. The zero-order chi connectivity index (χ0) is 16.5. The van der Waals surface area contributed by atoms with Gasteiger partial charge in [0.1, 0.15) is 6.61 Å². The maximum Gasteiger partial charge on any atom is 0.408 e. The third-order valence-corrected chi connectivity index (χ3v) is 3.85. The minimum absolute atomic E-state index is 0.113. The van der Waals surface area contributed by atoms with Crippen molar-refractivity contribution < 1.29 is 19.1 Å². The van der Waals surface area contributed by atoms with Gasteiger partial charge in [0.2, 0.25) is 0 Å². The number of carbonyl (C=O) groups excluding carboxylic acids is 2. The fraction of sp³-hybridized carbons (Fsp3) is 0.500. The summed E-state index contributed by atoms with van der Waals surface area (Å²) < 4.78 is 9.90. The fourth-order valence-corrected chi connectivity index (χ4v) is 2.68. The van der Waals surface area contributed by atoms with Crippen LogP contribution >= 0.6 is 11.6 Å². The van der Waals surface area contributed by atoms with E-state index in [1.165, 1.54) is 0 Å². The summed E-state index contributed by atoms with van der Waals surface area (Å²) in [5.74, 6) is -0.260. The molecule has 0 aromatic heterocycles. The molecule has 1 aromatic carbocycles. The lowest BCUT2D eigenvalue weighted by molar-refractivity contribution is -0.146. The van der Waals surface area contributed by atoms with Crippen LogP contribution in [0.4, 0.5) is 4.79 Å². The Balaban J connectivity index is 1.72. The standard InChI is InChI=1S/C16H21ClN2O4/c17-12-23-16(21)18-9-14-7-4-8-19(14)10-15(20)22-11-13-5-2-1-3-6-13/h1-3,5-6,14H,4,7-12H2,(H,18,21)/t14-/m0/s1. The van der Waals surface area contributed by atoms with Crippen LogP contribution in [-0.2, 0) is 20.9 Å². The Bertz CT molecular complexity index is 512. The molecule has 0 bridgehead atoms. The van der Waals surface area contributed by atoms with Crippen LogP contribution in [0.5, 0.6) is 0 Å². The van der Waals surface area contributed by atoms with Gasteiger partial charge < -0.3 is 14.8 Å². The van der Waals surface area contributed by atoms with Gasteiger partial charge in [0.15, 0.2) is 6.07 Å². The zero-order valence-corrected chi connectivity index (χ0v) is 13.6. The summed E-state index contributed by atoms with van der Waals surface area (Å²) >= 11 is 5.32. The number of ether oxygens (including phenoxy) is 2. The average molecular weight is 341 g/mol. The molecule has 126 valence electrons. The van der Waals surface area contributed by atoms with Crippen molar-refractivity contribution in [1.82, 2.24) is 10.2 Å². The van der Waals surface area contributed by atoms with Gasteiger partial charge in [-0.1, -0.05) is 41.9 Å². The lowest BCUT2D eigenvalue weighted by atomic mass is 10.2. The zero-order valence-electron chi connectivity index (χ0n) is 12.9. The largest absolute Gasteiger partial charge is 0.460 e. The maximum absolute atomic E-state index is 12.0. The topological polar surface area (TPSA) is 67.9 Å². The quantitative estimate of drug-likeness (QED) is 0.608. The van der Waals surface area contributed by atoms with Gasteiger partial charge >= 0.3 is 12.1 Å². The number of alkyl halides is 1. The monoisotopic (exact) mass is 340 g/mol. The van der Waals surface area contributed by atoms with Crippen LogP contribution in [0.25, 0.3) is 0 Å². The van der Waals surface area contributed by atoms with Crippen LogP contribution in [-0.4, -0.2) is 48.7 Å². The Morgan fingerprint density at radius 2 is 2.04 bits per heavy atom. The number of nitrogens with one attached hydrogen (secondary N) is 1. The highest BCUT2D eigenvalue weighted by Crippen LogP contribution is 2.16. The van der Waals surface area contributed by atoms with Crippen LogP contribution < -0.4 is 5.32 Å².